The molecular formula is C19H32FIN4O2S. The zero-order chi connectivity index (χ0) is 19.7. The molecule has 0 bridgehead atoms. The fourth-order valence-corrected chi connectivity index (χ4v) is 4.55. The lowest BCUT2D eigenvalue weighted by Gasteiger charge is -2.33. The van der Waals surface area contributed by atoms with Crippen LogP contribution in [0.5, 0.6) is 0 Å². The van der Waals surface area contributed by atoms with E-state index in [1.165, 1.54) is 44.0 Å². The first-order chi connectivity index (χ1) is 12.9. The molecular weight excluding hydrogens is 494 g/mol. The van der Waals surface area contributed by atoms with E-state index >= 15 is 0 Å². The van der Waals surface area contributed by atoms with Crippen LogP contribution < -0.4 is 10.6 Å². The van der Waals surface area contributed by atoms with Gasteiger partial charge in [-0.3, -0.25) is 4.99 Å². The quantitative estimate of drug-likeness (QED) is 0.236. The summed E-state index contributed by atoms with van der Waals surface area (Å²) in [6.45, 7) is 5.43. The molecule has 0 amide bonds. The number of piperidine rings is 1. The van der Waals surface area contributed by atoms with Crippen molar-refractivity contribution in [1.29, 1.82) is 0 Å². The van der Waals surface area contributed by atoms with Crippen LogP contribution in [-0.2, 0) is 9.84 Å². The molecule has 1 fully saturated rings. The summed E-state index contributed by atoms with van der Waals surface area (Å²) in [6.07, 6.45) is 4.87. The summed E-state index contributed by atoms with van der Waals surface area (Å²) in [5.41, 5.74) is 0. The lowest BCUT2D eigenvalue weighted by atomic mass is 10.0. The molecule has 0 saturated carbocycles. The Kier molecular flexibility index (Phi) is 11.3. The number of halogens is 2. The van der Waals surface area contributed by atoms with Crippen LogP contribution >= 0.6 is 24.0 Å². The molecule has 1 aromatic rings. The average Bonchev–Trinajstić information content (AvgIpc) is 2.65. The average molecular weight is 526 g/mol. The van der Waals surface area contributed by atoms with E-state index < -0.39 is 15.7 Å². The number of rotatable bonds is 8. The largest absolute Gasteiger partial charge is 0.356 e. The Labute approximate surface area is 185 Å². The predicted octanol–water partition coefficient (Wildman–Crippen LogP) is 2.65. The molecule has 160 valence electrons. The van der Waals surface area contributed by atoms with Crippen LogP contribution in [-0.4, -0.2) is 64.3 Å². The molecule has 1 saturated heterocycles. The van der Waals surface area contributed by atoms with Gasteiger partial charge in [-0.2, -0.15) is 0 Å². The fourth-order valence-electron chi connectivity index (χ4n) is 3.31. The number of likely N-dealkylation sites (tertiary alicyclic amines) is 1. The SMILES string of the molecule is CN=C(NCCCN1CCCCC1C)NCCS(=O)(=O)c1ccccc1F.I. The number of aliphatic imine (C=N–C) groups is 1. The summed E-state index contributed by atoms with van der Waals surface area (Å²) in [5.74, 6) is -0.350. The summed E-state index contributed by atoms with van der Waals surface area (Å²) >= 11 is 0. The van der Waals surface area contributed by atoms with E-state index in [2.05, 4.69) is 27.4 Å². The van der Waals surface area contributed by atoms with Crippen molar-refractivity contribution in [2.75, 3.05) is 39.0 Å². The standard InChI is InChI=1S/C19H31FN4O2S.HI/c1-16-8-5-6-13-24(16)14-7-11-22-19(21-2)23-12-15-27(25,26)18-10-4-3-9-17(18)20;/h3-4,9-10,16H,5-8,11-15H2,1-2H3,(H2,21,22,23);1H. The highest BCUT2D eigenvalue weighted by atomic mass is 127. The first kappa shape index (κ1) is 25.1. The molecule has 1 heterocycles. The van der Waals surface area contributed by atoms with Crippen LogP contribution in [0.1, 0.15) is 32.6 Å². The van der Waals surface area contributed by atoms with E-state index in [0.29, 0.717) is 12.0 Å². The van der Waals surface area contributed by atoms with Gasteiger partial charge in [0.05, 0.1) is 5.75 Å². The van der Waals surface area contributed by atoms with Crippen molar-refractivity contribution in [1.82, 2.24) is 15.5 Å². The van der Waals surface area contributed by atoms with Gasteiger partial charge >= 0.3 is 0 Å². The van der Waals surface area contributed by atoms with Gasteiger partial charge in [0.25, 0.3) is 0 Å². The first-order valence-corrected chi connectivity index (χ1v) is 11.2. The number of nitrogens with zero attached hydrogens (tertiary/aromatic N) is 2. The molecule has 2 rings (SSSR count). The minimum Gasteiger partial charge on any atom is -0.356 e. The monoisotopic (exact) mass is 526 g/mol. The molecule has 0 spiro atoms. The van der Waals surface area contributed by atoms with Gasteiger partial charge in [-0.1, -0.05) is 18.6 Å². The van der Waals surface area contributed by atoms with Crippen molar-refractivity contribution in [2.45, 2.75) is 43.5 Å². The Balaban J connectivity index is 0.00000392. The molecule has 2 N–H and O–H groups in total. The summed E-state index contributed by atoms with van der Waals surface area (Å²) in [5, 5.41) is 6.19. The molecule has 28 heavy (non-hydrogen) atoms. The minimum atomic E-state index is -3.67. The van der Waals surface area contributed by atoms with E-state index in [4.69, 9.17) is 0 Å². The van der Waals surface area contributed by atoms with E-state index in [9.17, 15) is 12.8 Å². The summed E-state index contributed by atoms with van der Waals surface area (Å²) in [4.78, 5) is 6.37. The predicted molar refractivity (Wildman–Crippen MR) is 123 cm³/mol. The number of guanidine groups is 1. The van der Waals surface area contributed by atoms with Crippen LogP contribution in [0.2, 0.25) is 0 Å². The summed E-state index contributed by atoms with van der Waals surface area (Å²) in [7, 11) is -2.02. The molecule has 1 aliphatic heterocycles. The topological polar surface area (TPSA) is 73.8 Å². The smallest absolute Gasteiger partial charge is 0.191 e. The third-order valence-corrected chi connectivity index (χ3v) is 6.66. The highest BCUT2D eigenvalue weighted by Crippen LogP contribution is 2.16. The third-order valence-electron chi connectivity index (χ3n) is 4.91. The molecule has 6 nitrogen and oxygen atoms in total. The van der Waals surface area contributed by atoms with Crippen molar-refractivity contribution >= 4 is 39.8 Å². The van der Waals surface area contributed by atoms with Gasteiger partial charge < -0.3 is 15.5 Å². The van der Waals surface area contributed by atoms with E-state index in [1.54, 1.807) is 7.05 Å². The Morgan fingerprint density at radius 3 is 2.64 bits per heavy atom. The Bertz CT molecular complexity index is 730. The second kappa shape index (κ2) is 12.6. The zero-order valence-corrected chi connectivity index (χ0v) is 19.8. The molecule has 1 unspecified atom stereocenters. The maximum atomic E-state index is 13.7. The summed E-state index contributed by atoms with van der Waals surface area (Å²) < 4.78 is 38.2. The first-order valence-electron chi connectivity index (χ1n) is 9.60. The molecule has 0 radical (unpaired) electrons. The van der Waals surface area contributed by atoms with Crippen molar-refractivity contribution in [3.8, 4) is 0 Å². The zero-order valence-electron chi connectivity index (χ0n) is 16.7. The van der Waals surface area contributed by atoms with Crippen molar-refractivity contribution in [3.05, 3.63) is 30.1 Å². The molecule has 0 aromatic heterocycles. The lowest BCUT2D eigenvalue weighted by molar-refractivity contribution is 0.159. The number of sulfone groups is 1. The van der Waals surface area contributed by atoms with Crippen LogP contribution in [0.3, 0.4) is 0 Å². The molecule has 1 aliphatic rings. The van der Waals surface area contributed by atoms with Crippen LogP contribution in [0, 0.1) is 5.82 Å². The van der Waals surface area contributed by atoms with Gasteiger partial charge in [0.2, 0.25) is 0 Å². The van der Waals surface area contributed by atoms with Crippen LogP contribution in [0.15, 0.2) is 34.2 Å². The molecule has 9 heteroatoms. The van der Waals surface area contributed by atoms with Crippen molar-refractivity contribution in [2.24, 2.45) is 4.99 Å². The number of benzene rings is 1. The summed E-state index contributed by atoms with van der Waals surface area (Å²) in [6, 6.07) is 6.10. The highest BCUT2D eigenvalue weighted by molar-refractivity contribution is 14.0. The molecule has 1 aromatic carbocycles. The number of hydrogen-bond donors (Lipinski definition) is 2. The molecule has 0 aliphatic carbocycles. The second-order valence-corrected chi connectivity index (χ2v) is 8.99. The van der Waals surface area contributed by atoms with E-state index in [-0.39, 0.29) is 41.2 Å². The van der Waals surface area contributed by atoms with E-state index in [1.807, 2.05) is 0 Å². The Morgan fingerprint density at radius 2 is 1.96 bits per heavy atom. The minimum absolute atomic E-state index is 0. The fraction of sp³-hybridized carbons (Fsp3) is 0.632. The van der Waals surface area contributed by atoms with Gasteiger partial charge in [-0.25, -0.2) is 12.8 Å². The molecule has 1 atom stereocenters. The van der Waals surface area contributed by atoms with Crippen LogP contribution in [0.25, 0.3) is 0 Å². The van der Waals surface area contributed by atoms with Crippen molar-refractivity contribution in [3.63, 3.8) is 0 Å². The van der Waals surface area contributed by atoms with Gasteiger partial charge in [-0.15, -0.1) is 24.0 Å². The van der Waals surface area contributed by atoms with Gasteiger partial charge in [-0.05, 0) is 44.9 Å². The van der Waals surface area contributed by atoms with E-state index in [0.717, 1.165) is 25.6 Å². The van der Waals surface area contributed by atoms with Gasteiger partial charge in [0.1, 0.15) is 10.7 Å². The maximum absolute atomic E-state index is 13.7. The number of nitrogens with one attached hydrogen (secondary N) is 2. The van der Waals surface area contributed by atoms with Crippen molar-refractivity contribution < 1.29 is 12.8 Å². The Morgan fingerprint density at radius 1 is 1.25 bits per heavy atom. The lowest BCUT2D eigenvalue weighted by Crippen LogP contribution is -2.42. The normalized spacial score (nSPS) is 18.4. The van der Waals surface area contributed by atoms with Gasteiger partial charge in [0, 0.05) is 32.7 Å². The van der Waals surface area contributed by atoms with Gasteiger partial charge in [0.15, 0.2) is 15.8 Å². The highest BCUT2D eigenvalue weighted by Gasteiger charge is 2.19. The number of hydrogen-bond acceptors (Lipinski definition) is 4. The third kappa shape index (κ3) is 7.82. The maximum Gasteiger partial charge on any atom is 0.191 e. The Hall–Kier alpha value is -0.940. The van der Waals surface area contributed by atoms with Crippen LogP contribution in [0.4, 0.5) is 4.39 Å². The second-order valence-electron chi connectivity index (χ2n) is 6.91.